The smallest absolute Gasteiger partial charge is 0.143 e. The van der Waals surface area contributed by atoms with Gasteiger partial charge in [0, 0.05) is 65.3 Å². The summed E-state index contributed by atoms with van der Waals surface area (Å²) < 4.78 is 12.7. The van der Waals surface area contributed by atoms with Gasteiger partial charge in [0.05, 0.1) is 22.4 Å². The highest BCUT2D eigenvalue weighted by Crippen LogP contribution is 2.43. The molecule has 18 rings (SSSR count). The van der Waals surface area contributed by atoms with E-state index >= 15 is 0 Å². The molecule has 0 radical (unpaired) electrons. The molecule has 4 aromatic heterocycles. The van der Waals surface area contributed by atoms with E-state index in [4.69, 9.17) is 18.8 Å². The zero-order chi connectivity index (χ0) is 56.7. The molecule has 0 aliphatic carbocycles. The van der Waals surface area contributed by atoms with Gasteiger partial charge < -0.3 is 8.83 Å². The van der Waals surface area contributed by atoms with E-state index in [2.05, 4.69) is 279 Å². The van der Waals surface area contributed by atoms with E-state index in [-0.39, 0.29) is 0 Å². The summed E-state index contributed by atoms with van der Waals surface area (Å²) in [5.74, 6) is 0. The maximum Gasteiger partial charge on any atom is 0.143 e. The molecule has 0 saturated heterocycles. The fraction of sp³-hybridized carbons (Fsp3) is 0. The third kappa shape index (κ3) is 8.22. The van der Waals surface area contributed by atoms with E-state index in [1.165, 1.54) is 76.1 Å². The summed E-state index contributed by atoms with van der Waals surface area (Å²) in [6, 6.07) is 107. The second kappa shape index (κ2) is 20.2. The van der Waals surface area contributed by atoms with E-state index < -0.39 is 0 Å². The van der Waals surface area contributed by atoms with Crippen LogP contribution in [0.1, 0.15) is 0 Å². The van der Waals surface area contributed by atoms with Gasteiger partial charge in [-0.3, -0.25) is 0 Å². The molecule has 0 atom stereocenters. The van der Waals surface area contributed by atoms with Gasteiger partial charge in [-0.2, -0.15) is 0 Å². The number of fused-ring (bicyclic) bond motifs is 18. The first-order chi connectivity index (χ1) is 42.6. The van der Waals surface area contributed by atoms with Gasteiger partial charge in [0.1, 0.15) is 22.3 Å². The normalized spacial score (nSPS) is 11.7. The average molecular weight is 1100 g/mol. The second-order valence-corrected chi connectivity index (χ2v) is 22.3. The molecule has 4 heterocycles. The van der Waals surface area contributed by atoms with Crippen LogP contribution in [-0.4, -0.2) is 9.97 Å². The first-order valence-corrected chi connectivity index (χ1v) is 29.3. The molecular formula is C82H50N2O2. The van der Waals surface area contributed by atoms with Crippen molar-refractivity contribution in [1.82, 2.24) is 9.97 Å². The summed E-state index contributed by atoms with van der Waals surface area (Å²) in [7, 11) is 0. The molecule has 0 aliphatic heterocycles. The van der Waals surface area contributed by atoms with Crippen molar-refractivity contribution in [2.75, 3.05) is 0 Å². The summed E-state index contributed by atoms with van der Waals surface area (Å²) in [6.45, 7) is 0. The van der Waals surface area contributed by atoms with Gasteiger partial charge in [-0.15, -0.1) is 0 Å². The molecule has 0 N–H and O–H groups in total. The highest BCUT2D eigenvalue weighted by atomic mass is 16.3. The summed E-state index contributed by atoms with van der Waals surface area (Å²) in [5.41, 5.74) is 19.0. The third-order valence-corrected chi connectivity index (χ3v) is 17.3. The number of nitrogens with zero attached hydrogens (tertiary/aromatic N) is 2. The summed E-state index contributed by atoms with van der Waals surface area (Å²) >= 11 is 0. The Bertz CT molecular complexity index is 5700. The lowest BCUT2D eigenvalue weighted by molar-refractivity contribution is 0.669. The quantitative estimate of drug-likeness (QED) is 0.156. The average Bonchev–Trinajstić information content (AvgIpc) is 1.87. The molecule has 14 aromatic carbocycles. The highest BCUT2D eigenvalue weighted by Gasteiger charge is 2.18. The number of hydrogen-bond acceptors (Lipinski definition) is 4. The van der Waals surface area contributed by atoms with Gasteiger partial charge >= 0.3 is 0 Å². The topological polar surface area (TPSA) is 52.1 Å². The van der Waals surface area contributed by atoms with E-state index in [9.17, 15) is 0 Å². The first-order valence-electron chi connectivity index (χ1n) is 29.3. The zero-order valence-corrected chi connectivity index (χ0v) is 46.6. The number of rotatable bonds is 6. The zero-order valence-electron chi connectivity index (χ0n) is 46.6. The molecule has 0 spiro atoms. The fourth-order valence-corrected chi connectivity index (χ4v) is 13.2. The van der Waals surface area contributed by atoms with Crippen molar-refractivity contribution in [2.24, 2.45) is 0 Å². The molecular weight excluding hydrogens is 1040 g/mol. The third-order valence-electron chi connectivity index (χ3n) is 17.3. The van der Waals surface area contributed by atoms with Gasteiger partial charge in [0.2, 0.25) is 0 Å². The van der Waals surface area contributed by atoms with Gasteiger partial charge in [0.25, 0.3) is 0 Å². The molecule has 86 heavy (non-hydrogen) atoms. The highest BCUT2D eigenvalue weighted by molar-refractivity contribution is 6.26. The van der Waals surface area contributed by atoms with Crippen LogP contribution in [0, 0.1) is 0 Å². The Kier molecular flexibility index (Phi) is 11.5. The van der Waals surface area contributed by atoms with Crippen molar-refractivity contribution in [3.63, 3.8) is 0 Å². The van der Waals surface area contributed by atoms with Crippen LogP contribution in [0.3, 0.4) is 0 Å². The van der Waals surface area contributed by atoms with Crippen LogP contribution >= 0.6 is 0 Å². The lowest BCUT2D eigenvalue weighted by Crippen LogP contribution is -1.90. The Balaban J connectivity index is 0.000000134. The SMILES string of the molecule is c1ccc(-c2ccc3c(c2)c2ccccc2c2ccc(-c4cccc(-c5cccc6c5oc5ccccc56)c4)nc23)cc1.c1ccc(-c2ccc3c(c2)c2ccccc2c2nc(-c4cccc(-c5cccc6c5oc5ccccc56)c4)ccc32)cc1. The number of benzene rings is 14. The molecule has 0 amide bonds. The molecule has 4 nitrogen and oxygen atoms in total. The first kappa shape index (κ1) is 49.2. The minimum atomic E-state index is 0.909. The van der Waals surface area contributed by atoms with Crippen LogP contribution in [0.4, 0.5) is 0 Å². The van der Waals surface area contributed by atoms with E-state index in [0.29, 0.717) is 0 Å². The molecule has 0 unspecified atom stereocenters. The number of aromatic nitrogens is 2. The van der Waals surface area contributed by atoms with Crippen molar-refractivity contribution >= 4 is 109 Å². The Morgan fingerprint density at radius 1 is 0.186 bits per heavy atom. The maximum atomic E-state index is 6.36. The molecule has 4 heteroatoms. The lowest BCUT2D eigenvalue weighted by Gasteiger charge is -2.13. The number of pyridine rings is 2. The lowest BCUT2D eigenvalue weighted by atomic mass is 9.93. The van der Waals surface area contributed by atoms with E-state index in [1.807, 2.05) is 24.3 Å². The minimum absolute atomic E-state index is 0.909. The predicted molar refractivity (Wildman–Crippen MR) is 361 cm³/mol. The summed E-state index contributed by atoms with van der Waals surface area (Å²) in [6.07, 6.45) is 0. The fourth-order valence-electron chi connectivity index (χ4n) is 13.2. The monoisotopic (exact) mass is 1090 g/mol. The largest absolute Gasteiger partial charge is 0.455 e. The van der Waals surface area contributed by atoms with Crippen LogP contribution in [0.2, 0.25) is 0 Å². The Hall–Kier alpha value is -11.5. The van der Waals surface area contributed by atoms with Crippen molar-refractivity contribution in [2.45, 2.75) is 0 Å². The van der Waals surface area contributed by atoms with Crippen LogP contribution in [0.15, 0.2) is 312 Å². The van der Waals surface area contributed by atoms with E-state index in [0.717, 1.165) is 99.7 Å². The predicted octanol–water partition coefficient (Wildman–Crippen LogP) is 22.9. The molecule has 18 aromatic rings. The molecule has 0 bridgehead atoms. The van der Waals surface area contributed by atoms with Gasteiger partial charge in [-0.05, 0) is 126 Å². The Morgan fingerprint density at radius 3 is 1.02 bits per heavy atom. The van der Waals surface area contributed by atoms with Crippen molar-refractivity contribution < 1.29 is 8.83 Å². The number of furan rings is 2. The van der Waals surface area contributed by atoms with Crippen molar-refractivity contribution in [3.8, 4) is 67.0 Å². The standard InChI is InChI=1S/2C41H25NO/c1-2-10-26(11-3-1)27-20-21-32-35-22-23-38(42-40(35)34-16-5-4-14-31(34)37(32)25-27)29-13-8-12-28(24-29)30-17-9-18-36-33-15-6-7-19-39(33)43-41(30)36;1-2-10-26(11-3-1)27-20-21-35-37(25-27)32-15-5-4-14-31(32)34-22-23-38(42-40(34)35)29-13-8-12-28(24-29)30-17-9-18-36-33-16-6-7-19-39(33)43-41(30)36/h2*1-25H. The molecule has 400 valence electrons. The minimum Gasteiger partial charge on any atom is -0.455 e. The maximum absolute atomic E-state index is 6.36. The van der Waals surface area contributed by atoms with E-state index in [1.54, 1.807) is 0 Å². The molecule has 0 saturated carbocycles. The van der Waals surface area contributed by atoms with Crippen LogP contribution < -0.4 is 0 Å². The van der Waals surface area contributed by atoms with Crippen LogP contribution in [-0.2, 0) is 0 Å². The van der Waals surface area contributed by atoms with Gasteiger partial charge in [-0.25, -0.2) is 9.97 Å². The summed E-state index contributed by atoms with van der Waals surface area (Å²) in [4.78, 5) is 10.6. The van der Waals surface area contributed by atoms with Crippen LogP contribution in [0.25, 0.3) is 176 Å². The van der Waals surface area contributed by atoms with Crippen molar-refractivity contribution in [3.05, 3.63) is 303 Å². The molecule has 0 aliphatic rings. The second-order valence-electron chi connectivity index (χ2n) is 22.3. The Morgan fingerprint density at radius 2 is 0.512 bits per heavy atom. The number of hydrogen-bond donors (Lipinski definition) is 0. The Labute approximate surface area is 495 Å². The van der Waals surface area contributed by atoms with Crippen molar-refractivity contribution in [1.29, 1.82) is 0 Å². The van der Waals surface area contributed by atoms with Crippen LogP contribution in [0.5, 0.6) is 0 Å². The molecule has 0 fully saturated rings. The van der Waals surface area contributed by atoms with Gasteiger partial charge in [0.15, 0.2) is 0 Å². The van der Waals surface area contributed by atoms with Gasteiger partial charge in [-0.1, -0.05) is 243 Å². The number of para-hydroxylation sites is 4. The summed E-state index contributed by atoms with van der Waals surface area (Å²) in [5, 5.41) is 16.6.